The molecule has 0 aliphatic carbocycles. The predicted molar refractivity (Wildman–Crippen MR) is 85.7 cm³/mol. The highest BCUT2D eigenvalue weighted by Gasteiger charge is 2.54. The first kappa shape index (κ1) is 20.0. The second-order valence-corrected chi connectivity index (χ2v) is 7.41. The van der Waals surface area contributed by atoms with Gasteiger partial charge in [-0.15, -0.1) is 0 Å². The van der Waals surface area contributed by atoms with Gasteiger partial charge in [-0.3, -0.25) is 0 Å². The van der Waals surface area contributed by atoms with Gasteiger partial charge in [0.1, 0.15) is 5.54 Å². The molecule has 0 aliphatic heterocycles. The number of hydrogen-bond donors (Lipinski definition) is 1. The van der Waals surface area contributed by atoms with E-state index in [0.717, 1.165) is 18.3 Å². The summed E-state index contributed by atoms with van der Waals surface area (Å²) in [7, 11) is 0. The topological polar surface area (TPSA) is 52.3 Å². The fourth-order valence-electron chi connectivity index (χ4n) is 2.16. The zero-order valence-electron chi connectivity index (χ0n) is 13.5. The third kappa shape index (κ3) is 4.70. The minimum atomic E-state index is -4.49. The van der Waals surface area contributed by atoms with Crippen molar-refractivity contribution in [3.63, 3.8) is 0 Å². The van der Waals surface area contributed by atoms with Gasteiger partial charge in [-0.25, -0.2) is 4.79 Å². The third-order valence-corrected chi connectivity index (χ3v) is 4.08. The van der Waals surface area contributed by atoms with Crippen LogP contribution in [0.25, 0.3) is 0 Å². The molecule has 0 aromatic heterocycles. The smallest absolute Gasteiger partial charge is 0.394 e. The molecule has 130 valence electrons. The lowest BCUT2D eigenvalue weighted by atomic mass is 9.74. The van der Waals surface area contributed by atoms with Crippen molar-refractivity contribution in [1.82, 2.24) is 0 Å². The first-order valence-corrected chi connectivity index (χ1v) is 7.91. The molecule has 3 nitrogen and oxygen atoms in total. The number of hydrogen-bond acceptors (Lipinski definition) is 3. The van der Waals surface area contributed by atoms with E-state index in [1.165, 1.54) is 12.1 Å². The second kappa shape index (κ2) is 6.81. The van der Waals surface area contributed by atoms with Gasteiger partial charge in [0, 0.05) is 4.47 Å². The molecule has 2 N–H and O–H groups in total. The van der Waals surface area contributed by atoms with E-state index in [-0.39, 0.29) is 5.56 Å². The van der Waals surface area contributed by atoms with Crippen LogP contribution in [0, 0.1) is 5.41 Å². The maximum Gasteiger partial charge on any atom is 0.394 e. The van der Waals surface area contributed by atoms with E-state index in [4.69, 9.17) is 10.5 Å². The van der Waals surface area contributed by atoms with Crippen molar-refractivity contribution >= 4 is 21.9 Å². The molecule has 1 aromatic carbocycles. The number of esters is 1. The van der Waals surface area contributed by atoms with Crippen LogP contribution >= 0.6 is 15.9 Å². The van der Waals surface area contributed by atoms with Gasteiger partial charge in [0.15, 0.2) is 0 Å². The lowest BCUT2D eigenvalue weighted by Crippen LogP contribution is -2.52. The second-order valence-electron chi connectivity index (χ2n) is 6.49. The molecule has 0 aliphatic rings. The van der Waals surface area contributed by atoms with E-state index < -0.39 is 35.6 Å². The molecule has 0 saturated heterocycles. The van der Waals surface area contributed by atoms with E-state index in [0.29, 0.717) is 0 Å². The zero-order chi connectivity index (χ0) is 18.1. The molecule has 1 rings (SSSR count). The molecule has 0 bridgehead atoms. The summed E-state index contributed by atoms with van der Waals surface area (Å²) in [5.74, 6) is -0.868. The van der Waals surface area contributed by atoms with Gasteiger partial charge in [-0.05, 0) is 38.0 Å². The molecular weight excluding hydrogens is 375 g/mol. The summed E-state index contributed by atoms with van der Waals surface area (Å²) in [6, 6.07) is 6.30. The Bertz CT molecular complexity index is 555. The molecule has 0 amide bonds. The van der Waals surface area contributed by atoms with Crippen molar-refractivity contribution in [2.45, 2.75) is 51.9 Å². The quantitative estimate of drug-likeness (QED) is 0.744. The number of carbonyl (C=O) groups is 1. The van der Waals surface area contributed by atoms with Crippen LogP contribution in [-0.2, 0) is 15.1 Å². The van der Waals surface area contributed by atoms with Crippen LogP contribution in [0.15, 0.2) is 28.7 Å². The SMILES string of the molecule is CC(C)OC(=O)C(N)(CC(C)(C)C(F)(F)F)c1ccc(Br)cc1. The normalized spacial score (nSPS) is 15.4. The molecular formula is C16H21BrF3NO2. The number of rotatable bonds is 5. The number of alkyl halides is 3. The average Bonchev–Trinajstić information content (AvgIpc) is 2.36. The summed E-state index contributed by atoms with van der Waals surface area (Å²) in [6.07, 6.45) is -5.59. The summed E-state index contributed by atoms with van der Waals surface area (Å²) < 4.78 is 45.6. The molecule has 7 heteroatoms. The third-order valence-electron chi connectivity index (χ3n) is 3.55. The summed E-state index contributed by atoms with van der Waals surface area (Å²) >= 11 is 3.25. The minimum absolute atomic E-state index is 0.281. The molecule has 1 aromatic rings. The Balaban J connectivity index is 3.31. The predicted octanol–water partition coefficient (Wildman–Crippen LogP) is 4.53. The Morgan fingerprint density at radius 3 is 2.09 bits per heavy atom. The Kier molecular flexibility index (Phi) is 5.91. The van der Waals surface area contributed by atoms with Crippen LogP contribution in [0.3, 0.4) is 0 Å². The van der Waals surface area contributed by atoms with E-state index >= 15 is 0 Å². The first-order chi connectivity index (χ1) is 10.3. The van der Waals surface area contributed by atoms with E-state index in [1.54, 1.807) is 26.0 Å². The van der Waals surface area contributed by atoms with Gasteiger partial charge in [0.2, 0.25) is 0 Å². The van der Waals surface area contributed by atoms with Crippen molar-refractivity contribution in [2.24, 2.45) is 11.1 Å². The molecule has 1 atom stereocenters. The highest BCUT2D eigenvalue weighted by molar-refractivity contribution is 9.10. The maximum absolute atomic E-state index is 13.3. The number of carbonyl (C=O) groups excluding carboxylic acids is 1. The Morgan fingerprint density at radius 2 is 1.70 bits per heavy atom. The monoisotopic (exact) mass is 395 g/mol. The fraction of sp³-hybridized carbons (Fsp3) is 0.562. The van der Waals surface area contributed by atoms with Gasteiger partial charge in [-0.1, -0.05) is 41.9 Å². The molecule has 0 spiro atoms. The van der Waals surface area contributed by atoms with Crippen LogP contribution in [0.4, 0.5) is 13.2 Å². The van der Waals surface area contributed by atoms with Crippen molar-refractivity contribution < 1.29 is 22.7 Å². The zero-order valence-corrected chi connectivity index (χ0v) is 15.1. The molecule has 1 unspecified atom stereocenters. The summed E-state index contributed by atoms with van der Waals surface area (Å²) in [5.41, 5.74) is 2.40. The number of nitrogens with two attached hydrogens (primary N) is 1. The standard InChI is InChI=1S/C16H21BrF3NO2/c1-10(2)23-13(22)15(21,9-14(3,4)16(18,19)20)11-5-7-12(17)8-6-11/h5-8,10H,9,21H2,1-4H3. The largest absolute Gasteiger partial charge is 0.461 e. The lowest BCUT2D eigenvalue weighted by Gasteiger charge is -2.37. The summed E-state index contributed by atoms with van der Waals surface area (Å²) in [5, 5.41) is 0. The van der Waals surface area contributed by atoms with E-state index in [1.807, 2.05) is 0 Å². The summed E-state index contributed by atoms with van der Waals surface area (Å²) in [6.45, 7) is 5.29. The highest BCUT2D eigenvalue weighted by atomic mass is 79.9. The van der Waals surface area contributed by atoms with Crippen LogP contribution < -0.4 is 5.73 Å². The van der Waals surface area contributed by atoms with Gasteiger partial charge in [0.25, 0.3) is 0 Å². The van der Waals surface area contributed by atoms with Crippen LogP contribution in [0.5, 0.6) is 0 Å². The van der Waals surface area contributed by atoms with Crippen molar-refractivity contribution in [2.75, 3.05) is 0 Å². The van der Waals surface area contributed by atoms with E-state index in [2.05, 4.69) is 15.9 Å². The van der Waals surface area contributed by atoms with Crippen molar-refractivity contribution in [1.29, 1.82) is 0 Å². The molecule has 0 heterocycles. The number of benzene rings is 1. The Morgan fingerprint density at radius 1 is 1.22 bits per heavy atom. The van der Waals surface area contributed by atoms with Crippen LogP contribution in [0.2, 0.25) is 0 Å². The van der Waals surface area contributed by atoms with Crippen molar-refractivity contribution in [3.8, 4) is 0 Å². The number of ether oxygens (including phenoxy) is 1. The van der Waals surface area contributed by atoms with Gasteiger partial charge in [-0.2, -0.15) is 13.2 Å². The van der Waals surface area contributed by atoms with Crippen LogP contribution in [-0.4, -0.2) is 18.2 Å². The van der Waals surface area contributed by atoms with Crippen LogP contribution in [0.1, 0.15) is 39.7 Å². The van der Waals surface area contributed by atoms with Gasteiger partial charge in [0.05, 0.1) is 11.5 Å². The minimum Gasteiger partial charge on any atom is -0.461 e. The van der Waals surface area contributed by atoms with Gasteiger partial charge >= 0.3 is 12.1 Å². The fourth-order valence-corrected chi connectivity index (χ4v) is 2.42. The van der Waals surface area contributed by atoms with E-state index in [9.17, 15) is 18.0 Å². The number of halogens is 4. The lowest BCUT2D eigenvalue weighted by molar-refractivity contribution is -0.220. The summed E-state index contributed by atoms with van der Waals surface area (Å²) in [4.78, 5) is 12.4. The maximum atomic E-state index is 13.3. The molecule has 23 heavy (non-hydrogen) atoms. The first-order valence-electron chi connectivity index (χ1n) is 7.12. The molecule has 0 fully saturated rings. The molecule has 0 saturated carbocycles. The Labute approximate surface area is 142 Å². The van der Waals surface area contributed by atoms with Crippen molar-refractivity contribution in [3.05, 3.63) is 34.3 Å². The molecule has 0 radical (unpaired) electrons. The highest BCUT2D eigenvalue weighted by Crippen LogP contribution is 2.45. The average molecular weight is 396 g/mol. The Hall–Kier alpha value is -1.08. The van der Waals surface area contributed by atoms with Gasteiger partial charge < -0.3 is 10.5 Å².